The van der Waals surface area contributed by atoms with Crippen LogP contribution in [0.3, 0.4) is 0 Å². The Morgan fingerprint density at radius 2 is 1.94 bits per heavy atom. The van der Waals surface area contributed by atoms with Crippen LogP contribution in [0.5, 0.6) is 5.75 Å². The number of aromatic nitrogens is 2. The van der Waals surface area contributed by atoms with Crippen molar-refractivity contribution in [2.45, 2.75) is 16.8 Å². The van der Waals surface area contributed by atoms with Crippen molar-refractivity contribution in [2.75, 3.05) is 17.9 Å². The quantitative estimate of drug-likeness (QED) is 0.132. The van der Waals surface area contributed by atoms with Gasteiger partial charge < -0.3 is 10.6 Å². The zero-order valence-electron chi connectivity index (χ0n) is 18.6. The summed E-state index contributed by atoms with van der Waals surface area (Å²) in [4.78, 5) is 55.7. The van der Waals surface area contributed by atoms with Crippen LogP contribution >= 0.6 is 23.1 Å². The summed E-state index contributed by atoms with van der Waals surface area (Å²) in [7, 11) is 1.35. The number of carbonyl (C=O) groups is 2. The number of nitro groups is 1. The molecule has 1 fully saturated rings. The van der Waals surface area contributed by atoms with Crippen LogP contribution < -0.4 is 21.0 Å². The fourth-order valence-electron chi connectivity index (χ4n) is 3.94. The number of anilines is 1. The second-order valence-corrected chi connectivity index (χ2v) is 9.78. The number of ether oxygens (including phenoxy) is 1. The number of hydrogen-bond acceptors (Lipinski definition) is 10. The van der Waals surface area contributed by atoms with Gasteiger partial charge in [-0.25, -0.2) is 14.6 Å². The van der Waals surface area contributed by atoms with Gasteiger partial charge >= 0.3 is 0 Å². The Hall–Kier alpha value is -4.23. The lowest BCUT2D eigenvalue weighted by atomic mass is 10.1. The van der Waals surface area contributed by atoms with Gasteiger partial charge in [-0.15, -0.1) is 11.3 Å². The first kappa shape index (κ1) is 23.5. The van der Waals surface area contributed by atoms with E-state index < -0.39 is 33.2 Å². The van der Waals surface area contributed by atoms with E-state index >= 15 is 0 Å². The summed E-state index contributed by atoms with van der Waals surface area (Å²) in [5.74, 6) is 5.01. The molecule has 3 heterocycles. The number of amides is 2. The molecule has 1 unspecified atom stereocenters. The molecule has 0 bridgehead atoms. The third-order valence-electron chi connectivity index (χ3n) is 5.67. The molecule has 1 aliphatic heterocycles. The number of nitrogens with zero attached hydrogens (tertiary/aromatic N) is 4. The highest BCUT2D eigenvalue weighted by molar-refractivity contribution is 8.00. The molecule has 2 aromatic carbocycles. The number of hydrogen-bond donors (Lipinski definition) is 1. The average Bonchev–Trinajstić information content (AvgIpc) is 3.42. The highest BCUT2D eigenvalue weighted by Crippen LogP contribution is 2.39. The Morgan fingerprint density at radius 1 is 1.19 bits per heavy atom. The van der Waals surface area contributed by atoms with Gasteiger partial charge in [0.25, 0.3) is 11.2 Å². The highest BCUT2D eigenvalue weighted by Gasteiger charge is 2.43. The average molecular weight is 524 g/mol. The van der Waals surface area contributed by atoms with E-state index in [4.69, 9.17) is 10.6 Å². The van der Waals surface area contributed by atoms with Gasteiger partial charge in [0.2, 0.25) is 11.8 Å². The Kier molecular flexibility index (Phi) is 5.94. The van der Waals surface area contributed by atoms with Crippen LogP contribution in [0.2, 0.25) is 0 Å². The van der Waals surface area contributed by atoms with Gasteiger partial charge in [-0.1, -0.05) is 42.1 Å². The van der Waals surface area contributed by atoms with Crippen molar-refractivity contribution in [1.29, 1.82) is 0 Å². The monoisotopic (exact) mass is 523 g/mol. The standard InChI is InChI=1S/C23H17N5O6S2/c1-34-13-7-8-15(16(9-13)28(32)33)26-18(29)10-17(21(26)30)36-23-25-20-19(22(31)27(23)24)14(11-35-20)12-5-3-2-4-6-12/h2-9,11,17H,10,24H2,1H3. The minimum absolute atomic E-state index is 0.0613. The number of rotatable bonds is 6. The number of thioether (sulfide) groups is 1. The first-order valence-electron chi connectivity index (χ1n) is 10.5. The number of carbonyl (C=O) groups excluding carboxylic acids is 2. The lowest BCUT2D eigenvalue weighted by Gasteiger charge is -2.16. The lowest BCUT2D eigenvalue weighted by Crippen LogP contribution is -2.33. The molecule has 2 amide bonds. The maximum Gasteiger partial charge on any atom is 0.297 e. The van der Waals surface area contributed by atoms with Crippen molar-refractivity contribution in [2.24, 2.45) is 0 Å². The molecule has 13 heteroatoms. The molecule has 1 saturated heterocycles. The topological polar surface area (TPSA) is 151 Å². The Balaban J connectivity index is 1.48. The predicted molar refractivity (Wildman–Crippen MR) is 136 cm³/mol. The first-order valence-corrected chi connectivity index (χ1v) is 12.3. The number of nitrogen functional groups attached to an aromatic ring is 1. The molecule has 4 aromatic rings. The molecule has 36 heavy (non-hydrogen) atoms. The number of methoxy groups -OCH3 is 1. The number of nitrogens with two attached hydrogens (primary N) is 1. The summed E-state index contributed by atoms with van der Waals surface area (Å²) in [5, 5.41) is 12.9. The molecule has 11 nitrogen and oxygen atoms in total. The minimum Gasteiger partial charge on any atom is -0.496 e. The van der Waals surface area contributed by atoms with E-state index in [0.717, 1.165) is 33.0 Å². The van der Waals surface area contributed by atoms with Gasteiger partial charge in [0.1, 0.15) is 21.5 Å². The zero-order valence-corrected chi connectivity index (χ0v) is 20.2. The number of imide groups is 1. The molecule has 182 valence electrons. The summed E-state index contributed by atoms with van der Waals surface area (Å²) in [6.45, 7) is 0. The predicted octanol–water partition coefficient (Wildman–Crippen LogP) is 3.18. The van der Waals surface area contributed by atoms with Crippen LogP contribution in [0, 0.1) is 10.1 Å². The Morgan fingerprint density at radius 3 is 2.64 bits per heavy atom. The van der Waals surface area contributed by atoms with Crippen molar-refractivity contribution in [3.05, 3.63) is 74.4 Å². The van der Waals surface area contributed by atoms with E-state index in [1.807, 2.05) is 35.7 Å². The molecule has 2 aromatic heterocycles. The summed E-state index contributed by atoms with van der Waals surface area (Å²) < 4.78 is 5.88. The number of fused-ring (bicyclic) bond motifs is 1. The maximum atomic E-state index is 13.2. The minimum atomic E-state index is -0.966. The molecule has 1 aliphatic rings. The summed E-state index contributed by atoms with van der Waals surface area (Å²) in [5.41, 5.74) is 0.467. The van der Waals surface area contributed by atoms with Gasteiger partial charge in [0, 0.05) is 17.4 Å². The molecule has 1 atom stereocenters. The lowest BCUT2D eigenvalue weighted by molar-refractivity contribution is -0.384. The summed E-state index contributed by atoms with van der Waals surface area (Å²) in [6, 6.07) is 13.2. The maximum absolute atomic E-state index is 13.2. The van der Waals surface area contributed by atoms with E-state index in [9.17, 15) is 24.5 Å². The summed E-state index contributed by atoms with van der Waals surface area (Å²) in [6.07, 6.45) is -0.236. The largest absolute Gasteiger partial charge is 0.496 e. The first-order chi connectivity index (χ1) is 17.3. The fraction of sp³-hybridized carbons (Fsp3) is 0.130. The molecule has 5 rings (SSSR count). The second kappa shape index (κ2) is 9.09. The smallest absolute Gasteiger partial charge is 0.297 e. The molecule has 0 aliphatic carbocycles. The van der Waals surface area contributed by atoms with Crippen molar-refractivity contribution in [1.82, 2.24) is 9.66 Å². The van der Waals surface area contributed by atoms with Crippen molar-refractivity contribution < 1.29 is 19.2 Å². The Labute approximate surface area is 211 Å². The van der Waals surface area contributed by atoms with Gasteiger partial charge in [-0.05, 0) is 17.7 Å². The Bertz CT molecular complexity index is 1600. The van der Waals surface area contributed by atoms with Crippen LogP contribution in [-0.2, 0) is 9.59 Å². The number of benzene rings is 2. The normalized spacial score (nSPS) is 15.6. The van der Waals surface area contributed by atoms with E-state index in [0.29, 0.717) is 15.8 Å². The van der Waals surface area contributed by atoms with Crippen LogP contribution in [0.15, 0.2) is 63.9 Å². The molecule has 0 saturated carbocycles. The van der Waals surface area contributed by atoms with E-state index in [1.165, 1.54) is 30.6 Å². The molecular formula is C23H17N5O6S2. The van der Waals surface area contributed by atoms with E-state index in [2.05, 4.69) is 4.98 Å². The molecule has 0 spiro atoms. The third kappa shape index (κ3) is 3.87. The molecular weight excluding hydrogens is 506 g/mol. The van der Waals surface area contributed by atoms with E-state index in [-0.39, 0.29) is 23.0 Å². The summed E-state index contributed by atoms with van der Waals surface area (Å²) >= 11 is 2.14. The second-order valence-electron chi connectivity index (χ2n) is 7.75. The van der Waals surface area contributed by atoms with Gasteiger partial charge in [0.05, 0.1) is 23.5 Å². The van der Waals surface area contributed by atoms with Crippen LogP contribution in [0.4, 0.5) is 11.4 Å². The molecule has 0 radical (unpaired) electrons. The van der Waals surface area contributed by atoms with Crippen molar-refractivity contribution in [3.8, 4) is 16.9 Å². The van der Waals surface area contributed by atoms with Gasteiger partial charge in [-0.2, -0.15) is 0 Å². The van der Waals surface area contributed by atoms with E-state index in [1.54, 1.807) is 0 Å². The number of thiophene rings is 1. The van der Waals surface area contributed by atoms with Gasteiger partial charge in [-0.3, -0.25) is 24.5 Å². The zero-order chi connectivity index (χ0) is 25.6. The molecule has 2 N–H and O–H groups in total. The van der Waals surface area contributed by atoms with Crippen LogP contribution in [-0.4, -0.2) is 38.8 Å². The number of nitro benzene ring substituents is 1. The third-order valence-corrected chi connectivity index (χ3v) is 7.69. The van der Waals surface area contributed by atoms with Crippen LogP contribution in [0.25, 0.3) is 21.3 Å². The fourth-order valence-corrected chi connectivity index (χ4v) is 5.96. The van der Waals surface area contributed by atoms with Crippen LogP contribution in [0.1, 0.15) is 6.42 Å². The SMILES string of the molecule is COc1ccc(N2C(=O)CC(Sc3nc4scc(-c5ccccc5)c4c(=O)n3N)C2=O)c([N+](=O)[O-])c1. The van der Waals surface area contributed by atoms with Crippen molar-refractivity contribution >= 4 is 56.5 Å². The van der Waals surface area contributed by atoms with Gasteiger partial charge in [0.15, 0.2) is 5.16 Å². The van der Waals surface area contributed by atoms with Crippen molar-refractivity contribution in [3.63, 3.8) is 0 Å². The highest BCUT2D eigenvalue weighted by atomic mass is 32.2.